The third-order valence-corrected chi connectivity index (χ3v) is 5.87. The minimum atomic E-state index is -0.627. The SMILES string of the molecule is CCNC(=O)C(CC)N(Cc1cccc(OC)c1)C(=O)CCCN1C(=O)c2ccccc2C1=O. The monoisotopic (exact) mass is 465 g/mol. The molecular weight excluding hydrogens is 434 g/mol. The van der Waals surface area contributed by atoms with Crippen molar-refractivity contribution in [2.75, 3.05) is 20.2 Å². The maximum absolute atomic E-state index is 13.3. The van der Waals surface area contributed by atoms with Gasteiger partial charge < -0.3 is 15.0 Å². The Morgan fingerprint density at radius 3 is 2.29 bits per heavy atom. The molecule has 8 nitrogen and oxygen atoms in total. The van der Waals surface area contributed by atoms with E-state index in [4.69, 9.17) is 4.74 Å². The van der Waals surface area contributed by atoms with E-state index >= 15 is 0 Å². The van der Waals surface area contributed by atoms with Crippen molar-refractivity contribution in [3.8, 4) is 5.75 Å². The third-order valence-electron chi connectivity index (χ3n) is 5.87. The van der Waals surface area contributed by atoms with Crippen LogP contribution in [0, 0.1) is 0 Å². The summed E-state index contributed by atoms with van der Waals surface area (Å²) in [6.45, 7) is 4.56. The van der Waals surface area contributed by atoms with Gasteiger partial charge in [0.05, 0.1) is 18.2 Å². The largest absolute Gasteiger partial charge is 0.497 e. The van der Waals surface area contributed by atoms with Crippen molar-refractivity contribution in [3.63, 3.8) is 0 Å². The second-order valence-corrected chi connectivity index (χ2v) is 8.10. The predicted octanol–water partition coefficient (Wildman–Crippen LogP) is 3.01. The number of carbonyl (C=O) groups excluding carboxylic acids is 4. The highest BCUT2D eigenvalue weighted by molar-refractivity contribution is 6.21. The quantitative estimate of drug-likeness (QED) is 0.515. The molecule has 4 amide bonds. The van der Waals surface area contributed by atoms with Gasteiger partial charge >= 0.3 is 0 Å². The first-order valence-electron chi connectivity index (χ1n) is 11.6. The molecular formula is C26H31N3O5. The minimum absolute atomic E-state index is 0.104. The Kier molecular flexibility index (Phi) is 8.40. The summed E-state index contributed by atoms with van der Waals surface area (Å²) in [5.74, 6) is -0.425. The van der Waals surface area contributed by atoms with Gasteiger partial charge in [-0.3, -0.25) is 24.1 Å². The number of amides is 4. The van der Waals surface area contributed by atoms with Gasteiger partial charge in [-0.1, -0.05) is 31.2 Å². The van der Waals surface area contributed by atoms with Crippen LogP contribution in [-0.2, 0) is 16.1 Å². The molecule has 0 saturated carbocycles. The van der Waals surface area contributed by atoms with Gasteiger partial charge in [0.15, 0.2) is 0 Å². The van der Waals surface area contributed by atoms with Gasteiger partial charge in [0.2, 0.25) is 11.8 Å². The molecule has 0 aromatic heterocycles. The first-order valence-corrected chi connectivity index (χ1v) is 11.6. The van der Waals surface area contributed by atoms with Crippen LogP contribution in [0.15, 0.2) is 48.5 Å². The molecule has 0 aliphatic carbocycles. The van der Waals surface area contributed by atoms with Crippen LogP contribution in [0.4, 0.5) is 0 Å². The molecule has 1 unspecified atom stereocenters. The van der Waals surface area contributed by atoms with Crippen molar-refractivity contribution < 1.29 is 23.9 Å². The molecule has 1 aliphatic heterocycles. The van der Waals surface area contributed by atoms with Gasteiger partial charge in [0.1, 0.15) is 11.8 Å². The Hall–Kier alpha value is -3.68. The molecule has 0 radical (unpaired) electrons. The van der Waals surface area contributed by atoms with Crippen LogP contribution in [0.25, 0.3) is 0 Å². The molecule has 0 spiro atoms. The molecule has 1 heterocycles. The number of rotatable bonds is 11. The number of imide groups is 1. The molecule has 0 fully saturated rings. The fraction of sp³-hybridized carbons (Fsp3) is 0.385. The van der Waals surface area contributed by atoms with Crippen LogP contribution >= 0.6 is 0 Å². The van der Waals surface area contributed by atoms with Crippen LogP contribution in [-0.4, -0.2) is 59.7 Å². The van der Waals surface area contributed by atoms with E-state index in [0.29, 0.717) is 36.3 Å². The van der Waals surface area contributed by atoms with Crippen molar-refractivity contribution in [2.24, 2.45) is 0 Å². The second kappa shape index (κ2) is 11.4. The Labute approximate surface area is 199 Å². The van der Waals surface area contributed by atoms with Crippen molar-refractivity contribution in [1.29, 1.82) is 0 Å². The standard InChI is InChI=1S/C26H31N3O5/c1-4-22(24(31)27-5-2)29(17-18-10-8-11-19(16-18)34-3)23(30)14-9-15-28-25(32)20-12-6-7-13-21(20)26(28)33/h6-8,10-13,16,22H,4-5,9,14-15,17H2,1-3H3,(H,27,31). The van der Waals surface area contributed by atoms with Gasteiger partial charge in [-0.25, -0.2) is 0 Å². The summed E-state index contributed by atoms with van der Waals surface area (Å²) in [4.78, 5) is 53.9. The second-order valence-electron chi connectivity index (χ2n) is 8.10. The highest BCUT2D eigenvalue weighted by atomic mass is 16.5. The molecule has 1 aliphatic rings. The zero-order chi connectivity index (χ0) is 24.7. The van der Waals surface area contributed by atoms with E-state index in [-0.39, 0.29) is 43.1 Å². The zero-order valence-corrected chi connectivity index (χ0v) is 19.9. The molecule has 34 heavy (non-hydrogen) atoms. The summed E-state index contributed by atoms with van der Waals surface area (Å²) in [6, 6.07) is 13.5. The molecule has 8 heteroatoms. The van der Waals surface area contributed by atoms with Crippen LogP contribution < -0.4 is 10.1 Å². The predicted molar refractivity (Wildman–Crippen MR) is 127 cm³/mol. The number of fused-ring (bicyclic) bond motifs is 1. The van der Waals surface area contributed by atoms with Crippen molar-refractivity contribution in [3.05, 3.63) is 65.2 Å². The normalized spacial score (nSPS) is 13.4. The summed E-state index contributed by atoms with van der Waals surface area (Å²) in [6.07, 6.45) is 0.873. The summed E-state index contributed by atoms with van der Waals surface area (Å²) in [5.41, 5.74) is 1.62. The molecule has 0 saturated heterocycles. The Balaban J connectivity index is 1.71. The summed E-state index contributed by atoms with van der Waals surface area (Å²) in [7, 11) is 1.57. The molecule has 1 N–H and O–H groups in total. The number of ether oxygens (including phenoxy) is 1. The lowest BCUT2D eigenvalue weighted by Crippen LogP contribution is -2.49. The van der Waals surface area contributed by atoms with E-state index in [0.717, 1.165) is 5.56 Å². The molecule has 2 aromatic rings. The van der Waals surface area contributed by atoms with Crippen LogP contribution in [0.1, 0.15) is 59.4 Å². The topological polar surface area (TPSA) is 96.0 Å². The Bertz CT molecular complexity index is 1030. The summed E-state index contributed by atoms with van der Waals surface area (Å²) >= 11 is 0. The van der Waals surface area contributed by atoms with E-state index < -0.39 is 6.04 Å². The molecule has 2 aromatic carbocycles. The van der Waals surface area contributed by atoms with Gasteiger partial charge in [-0.05, 0) is 49.6 Å². The first kappa shape index (κ1) is 25.0. The average molecular weight is 466 g/mol. The van der Waals surface area contributed by atoms with E-state index in [1.807, 2.05) is 38.1 Å². The first-order chi connectivity index (χ1) is 16.4. The van der Waals surface area contributed by atoms with Gasteiger partial charge in [0, 0.05) is 26.1 Å². The van der Waals surface area contributed by atoms with Crippen LogP contribution in [0.5, 0.6) is 5.75 Å². The van der Waals surface area contributed by atoms with Crippen molar-refractivity contribution in [1.82, 2.24) is 15.1 Å². The maximum Gasteiger partial charge on any atom is 0.261 e. The number of benzene rings is 2. The number of methoxy groups -OCH3 is 1. The fourth-order valence-electron chi connectivity index (χ4n) is 4.15. The lowest BCUT2D eigenvalue weighted by molar-refractivity contribution is -0.141. The highest BCUT2D eigenvalue weighted by Crippen LogP contribution is 2.23. The summed E-state index contributed by atoms with van der Waals surface area (Å²) in [5, 5.41) is 2.81. The summed E-state index contributed by atoms with van der Waals surface area (Å²) < 4.78 is 5.29. The number of nitrogens with zero attached hydrogens (tertiary/aromatic N) is 2. The number of hydrogen-bond donors (Lipinski definition) is 1. The third kappa shape index (κ3) is 5.44. The minimum Gasteiger partial charge on any atom is -0.497 e. The maximum atomic E-state index is 13.3. The van der Waals surface area contributed by atoms with Gasteiger partial charge in [0.25, 0.3) is 11.8 Å². The smallest absolute Gasteiger partial charge is 0.261 e. The van der Waals surface area contributed by atoms with Gasteiger partial charge in [-0.2, -0.15) is 0 Å². The number of hydrogen-bond acceptors (Lipinski definition) is 5. The lowest BCUT2D eigenvalue weighted by Gasteiger charge is -2.31. The van der Waals surface area contributed by atoms with E-state index in [1.165, 1.54) is 4.90 Å². The highest BCUT2D eigenvalue weighted by Gasteiger charge is 2.35. The molecule has 0 bridgehead atoms. The van der Waals surface area contributed by atoms with E-state index in [2.05, 4.69) is 5.32 Å². The Morgan fingerprint density at radius 1 is 1.03 bits per heavy atom. The van der Waals surface area contributed by atoms with Crippen molar-refractivity contribution in [2.45, 2.75) is 45.7 Å². The Morgan fingerprint density at radius 2 is 1.71 bits per heavy atom. The van der Waals surface area contributed by atoms with Gasteiger partial charge in [-0.15, -0.1) is 0 Å². The average Bonchev–Trinajstić information content (AvgIpc) is 3.09. The van der Waals surface area contributed by atoms with Crippen molar-refractivity contribution >= 4 is 23.6 Å². The molecule has 3 rings (SSSR count). The number of likely N-dealkylation sites (N-methyl/N-ethyl adjacent to an activating group) is 1. The zero-order valence-electron chi connectivity index (χ0n) is 19.9. The number of nitrogens with one attached hydrogen (secondary N) is 1. The number of carbonyl (C=O) groups is 4. The fourth-order valence-corrected chi connectivity index (χ4v) is 4.15. The van der Waals surface area contributed by atoms with E-state index in [1.54, 1.807) is 36.3 Å². The lowest BCUT2D eigenvalue weighted by atomic mass is 10.1. The van der Waals surface area contributed by atoms with Crippen LogP contribution in [0.3, 0.4) is 0 Å². The molecule has 180 valence electrons. The van der Waals surface area contributed by atoms with Crippen LogP contribution in [0.2, 0.25) is 0 Å². The molecule has 1 atom stereocenters. The van der Waals surface area contributed by atoms with E-state index in [9.17, 15) is 19.2 Å².